The Hall–Kier alpha value is -2.86. The molecule has 2 N–H and O–H groups in total. The molecular formula is C18H16ClN3O3. The number of hydrogen-bond donors (Lipinski definition) is 2. The van der Waals surface area contributed by atoms with Gasteiger partial charge < -0.3 is 15.5 Å². The van der Waals surface area contributed by atoms with E-state index >= 15 is 0 Å². The average Bonchev–Trinajstić information content (AvgIpc) is 3.14. The number of carbonyl (C=O) groups excluding carboxylic acids is 2. The molecular weight excluding hydrogens is 342 g/mol. The van der Waals surface area contributed by atoms with Gasteiger partial charge in [-0.2, -0.15) is 0 Å². The lowest BCUT2D eigenvalue weighted by molar-refractivity contribution is -0.110. The molecule has 2 amide bonds. The monoisotopic (exact) mass is 357 g/mol. The Bertz CT molecular complexity index is 837. The van der Waals surface area contributed by atoms with Crippen molar-refractivity contribution < 1.29 is 14.4 Å². The van der Waals surface area contributed by atoms with Gasteiger partial charge in [-0.15, -0.1) is 0 Å². The highest BCUT2D eigenvalue weighted by Crippen LogP contribution is 2.28. The van der Waals surface area contributed by atoms with Crippen LogP contribution in [0.4, 0.5) is 5.69 Å². The van der Waals surface area contributed by atoms with Crippen LogP contribution >= 0.6 is 11.6 Å². The highest BCUT2D eigenvalue weighted by molar-refractivity contribution is 6.44. The highest BCUT2D eigenvalue weighted by Gasteiger charge is 2.27. The zero-order chi connectivity index (χ0) is 17.8. The maximum atomic E-state index is 12.4. The van der Waals surface area contributed by atoms with Crippen LogP contribution in [-0.4, -0.2) is 24.6 Å². The molecule has 0 aromatic heterocycles. The maximum Gasteiger partial charge on any atom is 0.273 e. The fourth-order valence-corrected chi connectivity index (χ4v) is 2.62. The van der Waals surface area contributed by atoms with E-state index in [1.54, 1.807) is 12.1 Å². The summed E-state index contributed by atoms with van der Waals surface area (Å²) in [5, 5.41) is 9.41. The minimum absolute atomic E-state index is 0.266. The molecule has 0 fully saturated rings. The van der Waals surface area contributed by atoms with E-state index in [0.717, 1.165) is 5.56 Å². The molecule has 1 unspecified atom stereocenters. The van der Waals surface area contributed by atoms with E-state index in [4.69, 9.17) is 16.4 Å². The van der Waals surface area contributed by atoms with E-state index in [1.165, 1.54) is 13.1 Å². The van der Waals surface area contributed by atoms with Crippen LogP contribution in [0.3, 0.4) is 0 Å². The number of carbonyl (C=O) groups is 2. The van der Waals surface area contributed by atoms with Crippen LogP contribution < -0.4 is 10.6 Å². The predicted octanol–water partition coefficient (Wildman–Crippen LogP) is 3.16. The molecule has 6 nitrogen and oxygen atoms in total. The van der Waals surface area contributed by atoms with Gasteiger partial charge in [-0.25, -0.2) is 0 Å². The van der Waals surface area contributed by atoms with Gasteiger partial charge in [0.1, 0.15) is 5.71 Å². The molecule has 0 radical (unpaired) electrons. The summed E-state index contributed by atoms with van der Waals surface area (Å²) in [4.78, 5) is 29.5. The standard InChI is InChI=1S/C18H16ClN3O3/c1-20-17(23)12-7-8-13(19)14(9-12)21-18(24)15-10-16(25-22-15)11-5-3-2-4-6-11/h2-9,16H,10H2,1H3,(H,20,23)(H,21,24). The Morgan fingerprint density at radius 3 is 2.64 bits per heavy atom. The summed E-state index contributed by atoms with van der Waals surface area (Å²) in [5.74, 6) is -0.674. The van der Waals surface area contributed by atoms with Crippen molar-refractivity contribution in [3.05, 3.63) is 64.7 Å². The lowest BCUT2D eigenvalue weighted by Crippen LogP contribution is -2.23. The van der Waals surface area contributed by atoms with Crippen LogP contribution in [0, 0.1) is 0 Å². The molecule has 1 atom stereocenters. The van der Waals surface area contributed by atoms with E-state index in [0.29, 0.717) is 22.7 Å². The van der Waals surface area contributed by atoms with Gasteiger partial charge in [0.05, 0.1) is 10.7 Å². The largest absolute Gasteiger partial charge is 0.387 e. The fraction of sp³-hybridized carbons (Fsp3) is 0.167. The minimum Gasteiger partial charge on any atom is -0.387 e. The summed E-state index contributed by atoms with van der Waals surface area (Å²) in [6, 6.07) is 14.2. The Balaban J connectivity index is 1.70. The number of halogens is 1. The Morgan fingerprint density at radius 1 is 1.16 bits per heavy atom. The van der Waals surface area contributed by atoms with Crippen molar-refractivity contribution in [3.63, 3.8) is 0 Å². The third-order valence-corrected chi connectivity index (χ3v) is 4.14. The van der Waals surface area contributed by atoms with Crippen molar-refractivity contribution in [1.82, 2.24) is 5.32 Å². The van der Waals surface area contributed by atoms with E-state index in [-0.39, 0.29) is 17.7 Å². The summed E-state index contributed by atoms with van der Waals surface area (Å²) < 4.78 is 0. The van der Waals surface area contributed by atoms with E-state index in [2.05, 4.69) is 15.8 Å². The highest BCUT2D eigenvalue weighted by atomic mass is 35.5. The molecule has 1 aliphatic heterocycles. The molecule has 25 heavy (non-hydrogen) atoms. The number of nitrogens with zero attached hydrogens (tertiary/aromatic N) is 1. The third kappa shape index (κ3) is 3.80. The van der Waals surface area contributed by atoms with Crippen LogP contribution in [0.15, 0.2) is 53.7 Å². The molecule has 2 aromatic rings. The first-order valence-electron chi connectivity index (χ1n) is 7.69. The minimum atomic E-state index is -0.408. The van der Waals surface area contributed by atoms with Gasteiger partial charge in [-0.1, -0.05) is 47.1 Å². The van der Waals surface area contributed by atoms with Gasteiger partial charge in [-0.3, -0.25) is 9.59 Å². The average molecular weight is 358 g/mol. The van der Waals surface area contributed by atoms with Crippen molar-refractivity contribution >= 4 is 34.8 Å². The third-order valence-electron chi connectivity index (χ3n) is 3.81. The second-order valence-electron chi connectivity index (χ2n) is 5.47. The zero-order valence-corrected chi connectivity index (χ0v) is 14.2. The predicted molar refractivity (Wildman–Crippen MR) is 95.8 cm³/mol. The molecule has 3 rings (SSSR count). The van der Waals surface area contributed by atoms with Crippen molar-refractivity contribution in [1.29, 1.82) is 0 Å². The molecule has 128 valence electrons. The smallest absolute Gasteiger partial charge is 0.273 e. The topological polar surface area (TPSA) is 79.8 Å². The van der Waals surface area contributed by atoms with Crippen molar-refractivity contribution in [2.24, 2.45) is 5.16 Å². The van der Waals surface area contributed by atoms with Crippen molar-refractivity contribution in [2.45, 2.75) is 12.5 Å². The maximum absolute atomic E-state index is 12.4. The first kappa shape index (κ1) is 17.0. The SMILES string of the molecule is CNC(=O)c1ccc(Cl)c(NC(=O)C2=NOC(c3ccccc3)C2)c1. The Kier molecular flexibility index (Phi) is 5.00. The summed E-state index contributed by atoms with van der Waals surface area (Å²) >= 11 is 6.10. The van der Waals surface area contributed by atoms with E-state index in [1.807, 2.05) is 30.3 Å². The van der Waals surface area contributed by atoms with Crippen LogP contribution in [0.25, 0.3) is 0 Å². The second kappa shape index (κ2) is 7.36. The Morgan fingerprint density at radius 2 is 1.92 bits per heavy atom. The number of nitrogens with one attached hydrogen (secondary N) is 2. The number of hydrogen-bond acceptors (Lipinski definition) is 4. The second-order valence-corrected chi connectivity index (χ2v) is 5.88. The number of oxime groups is 1. The molecule has 1 heterocycles. The molecule has 1 aliphatic rings. The molecule has 7 heteroatoms. The summed E-state index contributed by atoms with van der Waals surface area (Å²) in [6.45, 7) is 0. The molecule has 0 spiro atoms. The first-order chi connectivity index (χ1) is 12.1. The van der Waals surface area contributed by atoms with Gasteiger partial charge in [-0.05, 0) is 23.8 Å². The fourth-order valence-electron chi connectivity index (χ4n) is 2.46. The van der Waals surface area contributed by atoms with Crippen molar-refractivity contribution in [3.8, 4) is 0 Å². The summed E-state index contributed by atoms with van der Waals surface area (Å²) in [6.07, 6.45) is 0.0809. The van der Waals surface area contributed by atoms with E-state index < -0.39 is 5.91 Å². The lowest BCUT2D eigenvalue weighted by atomic mass is 10.0. The van der Waals surface area contributed by atoms with Crippen LogP contribution in [0.1, 0.15) is 28.4 Å². The molecule has 2 aromatic carbocycles. The van der Waals surface area contributed by atoms with Crippen LogP contribution in [-0.2, 0) is 9.63 Å². The molecule has 0 bridgehead atoms. The quantitative estimate of drug-likeness (QED) is 0.882. The molecule has 0 aliphatic carbocycles. The summed E-state index contributed by atoms with van der Waals surface area (Å²) in [7, 11) is 1.53. The van der Waals surface area contributed by atoms with Crippen LogP contribution in [0.2, 0.25) is 5.02 Å². The number of rotatable bonds is 4. The number of anilines is 1. The lowest BCUT2D eigenvalue weighted by Gasteiger charge is -2.09. The van der Waals surface area contributed by atoms with Gasteiger partial charge in [0, 0.05) is 19.0 Å². The van der Waals surface area contributed by atoms with Crippen molar-refractivity contribution in [2.75, 3.05) is 12.4 Å². The first-order valence-corrected chi connectivity index (χ1v) is 8.07. The normalized spacial score (nSPS) is 15.9. The molecule has 0 saturated heterocycles. The van der Waals surface area contributed by atoms with Gasteiger partial charge in [0.15, 0.2) is 6.10 Å². The summed E-state index contributed by atoms with van der Waals surface area (Å²) in [5.41, 5.74) is 1.97. The Labute approximate surface area is 149 Å². The van der Waals surface area contributed by atoms with Gasteiger partial charge in [0.2, 0.25) is 0 Å². The van der Waals surface area contributed by atoms with E-state index in [9.17, 15) is 9.59 Å². The van der Waals surface area contributed by atoms with Crippen LogP contribution in [0.5, 0.6) is 0 Å². The number of amides is 2. The number of benzene rings is 2. The zero-order valence-electron chi connectivity index (χ0n) is 13.5. The van der Waals surface area contributed by atoms with Gasteiger partial charge in [0.25, 0.3) is 11.8 Å². The van der Waals surface area contributed by atoms with Gasteiger partial charge >= 0.3 is 0 Å². The molecule has 0 saturated carbocycles.